The Morgan fingerprint density at radius 2 is 1.81 bits per heavy atom. The van der Waals surface area contributed by atoms with Crippen LogP contribution >= 0.6 is 0 Å². The van der Waals surface area contributed by atoms with E-state index < -0.39 is 0 Å². The molecule has 21 heavy (non-hydrogen) atoms. The summed E-state index contributed by atoms with van der Waals surface area (Å²) in [7, 11) is 0. The fourth-order valence-corrected chi connectivity index (χ4v) is 4.31. The Morgan fingerprint density at radius 3 is 2.48 bits per heavy atom. The number of nitrogens with zero attached hydrogens (tertiary/aromatic N) is 1. The van der Waals surface area contributed by atoms with Gasteiger partial charge < -0.3 is 0 Å². The maximum absolute atomic E-state index is 12.2. The van der Waals surface area contributed by atoms with E-state index in [2.05, 4.69) is 36.9 Å². The average molecular weight is 285 g/mol. The summed E-state index contributed by atoms with van der Waals surface area (Å²) >= 11 is 0. The number of hydrogen-bond acceptors (Lipinski definition) is 2. The lowest BCUT2D eigenvalue weighted by atomic mass is 9.88. The molecule has 0 amide bonds. The molecule has 2 nitrogen and oxygen atoms in total. The van der Waals surface area contributed by atoms with E-state index in [1.54, 1.807) is 0 Å². The van der Waals surface area contributed by atoms with Crippen molar-refractivity contribution in [2.45, 2.75) is 65.0 Å². The highest BCUT2D eigenvalue weighted by Crippen LogP contribution is 2.33. The van der Waals surface area contributed by atoms with Gasteiger partial charge >= 0.3 is 0 Å². The summed E-state index contributed by atoms with van der Waals surface area (Å²) in [6.07, 6.45) is 6.82. The zero-order valence-electron chi connectivity index (χ0n) is 13.4. The monoisotopic (exact) mass is 285 g/mol. The molecule has 114 valence electrons. The van der Waals surface area contributed by atoms with Crippen LogP contribution in [0.15, 0.2) is 18.2 Å². The third kappa shape index (κ3) is 3.37. The highest BCUT2D eigenvalue weighted by atomic mass is 16.1. The number of benzene rings is 1. The molecule has 2 unspecified atom stereocenters. The molecule has 0 bridgehead atoms. The van der Waals surface area contributed by atoms with Crippen LogP contribution in [-0.2, 0) is 11.3 Å². The topological polar surface area (TPSA) is 20.3 Å². The van der Waals surface area contributed by atoms with Gasteiger partial charge in [0.25, 0.3) is 0 Å². The summed E-state index contributed by atoms with van der Waals surface area (Å²) in [4.78, 5) is 14.7. The lowest BCUT2D eigenvalue weighted by Gasteiger charge is -2.39. The summed E-state index contributed by atoms with van der Waals surface area (Å²) < 4.78 is 0. The van der Waals surface area contributed by atoms with Crippen molar-refractivity contribution in [3.63, 3.8) is 0 Å². The summed E-state index contributed by atoms with van der Waals surface area (Å²) in [5, 5.41) is 0. The lowest BCUT2D eigenvalue weighted by Crippen LogP contribution is -2.44. The van der Waals surface area contributed by atoms with Crippen LogP contribution in [0.1, 0.15) is 55.2 Å². The molecule has 2 heteroatoms. The largest absolute Gasteiger partial charge is 0.299 e. The molecule has 3 rings (SSSR count). The maximum atomic E-state index is 12.2. The molecule has 1 aromatic carbocycles. The molecule has 0 N–H and O–H groups in total. The zero-order chi connectivity index (χ0) is 14.8. The number of hydrogen-bond donors (Lipinski definition) is 0. The van der Waals surface area contributed by atoms with Gasteiger partial charge in [-0.1, -0.05) is 35.7 Å². The van der Waals surface area contributed by atoms with Crippen molar-refractivity contribution in [1.82, 2.24) is 4.90 Å². The van der Waals surface area contributed by atoms with E-state index in [1.165, 1.54) is 36.0 Å². The highest BCUT2D eigenvalue weighted by Gasteiger charge is 2.36. The van der Waals surface area contributed by atoms with Gasteiger partial charge in [-0.3, -0.25) is 9.69 Å². The number of carbonyl (C=O) groups is 1. The minimum atomic E-state index is 0.316. The molecule has 0 radical (unpaired) electrons. The second kappa shape index (κ2) is 6.31. The van der Waals surface area contributed by atoms with Gasteiger partial charge in [0.1, 0.15) is 5.78 Å². The molecule has 2 atom stereocenters. The maximum Gasteiger partial charge on any atom is 0.137 e. The van der Waals surface area contributed by atoms with Crippen LogP contribution in [0, 0.1) is 19.8 Å². The van der Waals surface area contributed by atoms with E-state index in [1.807, 2.05) is 0 Å². The number of piperidine rings is 1. The molecular formula is C19H27NO. The third-order valence-corrected chi connectivity index (χ3v) is 5.15. The molecule has 2 fully saturated rings. The molecule has 1 aromatic rings. The first-order valence-corrected chi connectivity index (χ1v) is 8.47. The number of likely N-dealkylation sites (tertiary alicyclic amines) is 1. The normalized spacial score (nSPS) is 27.2. The van der Waals surface area contributed by atoms with E-state index in [-0.39, 0.29) is 0 Å². The van der Waals surface area contributed by atoms with E-state index in [0.29, 0.717) is 17.7 Å². The first-order chi connectivity index (χ1) is 10.1. The van der Waals surface area contributed by atoms with Gasteiger partial charge in [0.2, 0.25) is 0 Å². The molecule has 1 aliphatic carbocycles. The number of Topliss-reactive ketones (excluding diaryl/α,β-unsaturated/α-hetero) is 1. The molecule has 1 saturated carbocycles. The fourth-order valence-electron chi connectivity index (χ4n) is 4.31. The average Bonchev–Trinajstić information content (AvgIpc) is 2.84. The molecular weight excluding hydrogens is 258 g/mol. The number of aryl methyl sites for hydroxylation is 2. The van der Waals surface area contributed by atoms with Crippen molar-refractivity contribution < 1.29 is 4.79 Å². The van der Waals surface area contributed by atoms with Gasteiger partial charge in [-0.25, -0.2) is 0 Å². The number of ketones is 1. The highest BCUT2D eigenvalue weighted by molar-refractivity contribution is 5.83. The van der Waals surface area contributed by atoms with E-state index >= 15 is 0 Å². The first-order valence-electron chi connectivity index (χ1n) is 8.47. The van der Waals surface area contributed by atoms with E-state index in [4.69, 9.17) is 0 Å². The molecule has 1 saturated heterocycles. The van der Waals surface area contributed by atoms with Crippen molar-refractivity contribution in [2.75, 3.05) is 6.54 Å². The van der Waals surface area contributed by atoms with Crippen LogP contribution in [0.5, 0.6) is 0 Å². The Bertz CT molecular complexity index is 502. The van der Waals surface area contributed by atoms with Gasteiger partial charge in [0.05, 0.1) is 0 Å². The SMILES string of the molecule is Cc1cc(C)cc(CN2CCCCC2C2CCCC2=O)c1. The van der Waals surface area contributed by atoms with Crippen molar-refractivity contribution in [3.8, 4) is 0 Å². The fraction of sp³-hybridized carbons (Fsp3) is 0.632. The molecule has 1 heterocycles. The Kier molecular flexibility index (Phi) is 4.44. The summed E-state index contributed by atoms with van der Waals surface area (Å²) in [5.74, 6) is 0.837. The molecule has 0 aromatic heterocycles. The summed E-state index contributed by atoms with van der Waals surface area (Å²) in [6, 6.07) is 7.33. The summed E-state index contributed by atoms with van der Waals surface area (Å²) in [6.45, 7) is 6.51. The Morgan fingerprint density at radius 1 is 1.05 bits per heavy atom. The second-order valence-electron chi connectivity index (χ2n) is 6.99. The van der Waals surface area contributed by atoms with Gasteiger partial charge in [-0.15, -0.1) is 0 Å². The Hall–Kier alpha value is -1.15. The first kappa shape index (κ1) is 14.8. The van der Waals surface area contributed by atoms with E-state index in [9.17, 15) is 4.79 Å². The molecule has 0 spiro atoms. The van der Waals surface area contributed by atoms with Crippen LogP contribution in [0.4, 0.5) is 0 Å². The Labute approximate surface area is 128 Å². The molecule has 1 aliphatic heterocycles. The van der Waals surface area contributed by atoms with Crippen molar-refractivity contribution in [1.29, 1.82) is 0 Å². The van der Waals surface area contributed by atoms with Gasteiger partial charge in [-0.05, 0) is 51.6 Å². The van der Waals surface area contributed by atoms with Crippen LogP contribution in [-0.4, -0.2) is 23.3 Å². The summed E-state index contributed by atoms with van der Waals surface area (Å²) in [5.41, 5.74) is 4.09. The zero-order valence-corrected chi connectivity index (χ0v) is 13.4. The minimum Gasteiger partial charge on any atom is -0.299 e. The standard InChI is InChI=1S/C19H27NO/c1-14-10-15(2)12-16(11-14)13-20-9-4-3-7-18(20)17-6-5-8-19(17)21/h10-12,17-18H,3-9,13H2,1-2H3. The van der Waals surface area contributed by atoms with Crippen molar-refractivity contribution in [2.24, 2.45) is 5.92 Å². The third-order valence-electron chi connectivity index (χ3n) is 5.15. The van der Waals surface area contributed by atoms with Crippen molar-refractivity contribution >= 4 is 5.78 Å². The van der Waals surface area contributed by atoms with E-state index in [0.717, 1.165) is 32.4 Å². The lowest BCUT2D eigenvalue weighted by molar-refractivity contribution is -0.123. The second-order valence-corrected chi connectivity index (χ2v) is 6.99. The predicted octanol–water partition coefficient (Wildman–Crippen LogP) is 4.03. The van der Waals surface area contributed by atoms with Crippen molar-refractivity contribution in [3.05, 3.63) is 34.9 Å². The quantitative estimate of drug-likeness (QED) is 0.836. The van der Waals surface area contributed by atoms with Gasteiger partial charge in [0, 0.05) is 24.9 Å². The van der Waals surface area contributed by atoms with Crippen LogP contribution in [0.25, 0.3) is 0 Å². The van der Waals surface area contributed by atoms with Crippen LogP contribution in [0.3, 0.4) is 0 Å². The smallest absolute Gasteiger partial charge is 0.137 e. The predicted molar refractivity (Wildman–Crippen MR) is 86.3 cm³/mol. The Balaban J connectivity index is 1.76. The van der Waals surface area contributed by atoms with Crippen LogP contribution in [0.2, 0.25) is 0 Å². The van der Waals surface area contributed by atoms with Crippen LogP contribution < -0.4 is 0 Å². The van der Waals surface area contributed by atoms with Gasteiger partial charge in [-0.2, -0.15) is 0 Å². The number of carbonyl (C=O) groups excluding carboxylic acids is 1. The minimum absolute atomic E-state index is 0.316. The molecule has 2 aliphatic rings. The number of rotatable bonds is 3. The van der Waals surface area contributed by atoms with Gasteiger partial charge in [0.15, 0.2) is 0 Å².